The summed E-state index contributed by atoms with van der Waals surface area (Å²) in [5, 5.41) is 2.94. The third-order valence-corrected chi connectivity index (χ3v) is 5.03. The van der Waals surface area contributed by atoms with E-state index >= 15 is 0 Å². The number of piperidine rings is 1. The van der Waals surface area contributed by atoms with E-state index in [9.17, 15) is 14.0 Å². The van der Waals surface area contributed by atoms with Gasteiger partial charge in [-0.2, -0.15) is 0 Å². The Morgan fingerprint density at radius 2 is 1.80 bits per heavy atom. The highest BCUT2D eigenvalue weighted by Gasteiger charge is 2.25. The molecule has 0 aliphatic carbocycles. The van der Waals surface area contributed by atoms with Crippen LogP contribution in [0, 0.1) is 5.82 Å². The Bertz CT molecular complexity index is 937. The molecular weight excluding hydrogens is 387 g/mol. The number of nitrogens with one attached hydrogen (secondary N) is 1. The van der Waals surface area contributed by atoms with Crippen molar-refractivity contribution < 1.29 is 23.5 Å². The first-order chi connectivity index (χ1) is 14.5. The number of ether oxygens (including phenoxy) is 2. The van der Waals surface area contributed by atoms with E-state index < -0.39 is 0 Å². The molecule has 0 spiro atoms. The average molecular weight is 412 g/mol. The standard InChI is InChI=1S/C23H25FN2O4/c1-29-20-8-7-17(15-21(20)30-2)23(28)26-12-10-19(11-13-26)25-22(27)9-6-16-4-3-5-18(24)14-16/h3-9,14-15,19H,10-13H2,1-2H3,(H,25,27)/b9-6+. The van der Waals surface area contributed by atoms with Crippen molar-refractivity contribution in [2.75, 3.05) is 27.3 Å². The fraction of sp³-hybridized carbons (Fsp3) is 0.304. The number of amides is 2. The van der Waals surface area contributed by atoms with Crippen molar-refractivity contribution in [3.05, 3.63) is 65.5 Å². The number of rotatable bonds is 6. The molecular formula is C23H25FN2O4. The molecule has 2 aromatic carbocycles. The first kappa shape index (κ1) is 21.4. The van der Waals surface area contributed by atoms with Crippen molar-refractivity contribution in [3.8, 4) is 11.5 Å². The van der Waals surface area contributed by atoms with Crippen molar-refractivity contribution in [2.24, 2.45) is 0 Å². The Kier molecular flexibility index (Phi) is 7.06. The highest BCUT2D eigenvalue weighted by atomic mass is 19.1. The van der Waals surface area contributed by atoms with Crippen LogP contribution in [0.25, 0.3) is 6.08 Å². The molecule has 7 heteroatoms. The van der Waals surface area contributed by atoms with E-state index in [4.69, 9.17) is 9.47 Å². The van der Waals surface area contributed by atoms with E-state index in [1.165, 1.54) is 25.3 Å². The minimum absolute atomic E-state index is 0.0101. The predicted octanol–water partition coefficient (Wildman–Crippen LogP) is 3.28. The molecule has 3 rings (SSSR count). The minimum Gasteiger partial charge on any atom is -0.493 e. The van der Waals surface area contributed by atoms with E-state index in [2.05, 4.69) is 5.32 Å². The van der Waals surface area contributed by atoms with Gasteiger partial charge in [0.05, 0.1) is 14.2 Å². The average Bonchev–Trinajstić information content (AvgIpc) is 2.77. The van der Waals surface area contributed by atoms with Gasteiger partial charge in [-0.25, -0.2) is 4.39 Å². The lowest BCUT2D eigenvalue weighted by Gasteiger charge is -2.32. The second-order valence-corrected chi connectivity index (χ2v) is 7.03. The van der Waals surface area contributed by atoms with Gasteiger partial charge in [-0.3, -0.25) is 9.59 Å². The smallest absolute Gasteiger partial charge is 0.253 e. The zero-order chi connectivity index (χ0) is 21.5. The molecule has 0 atom stereocenters. The summed E-state index contributed by atoms with van der Waals surface area (Å²) in [5.74, 6) is 0.428. The van der Waals surface area contributed by atoms with E-state index in [1.54, 1.807) is 48.4 Å². The van der Waals surface area contributed by atoms with Crippen LogP contribution in [-0.4, -0.2) is 50.1 Å². The monoisotopic (exact) mass is 412 g/mol. The second-order valence-electron chi connectivity index (χ2n) is 7.03. The van der Waals surface area contributed by atoms with Crippen LogP contribution in [0.3, 0.4) is 0 Å². The number of hydrogen-bond donors (Lipinski definition) is 1. The highest BCUT2D eigenvalue weighted by Crippen LogP contribution is 2.28. The molecule has 0 saturated carbocycles. The van der Waals surface area contributed by atoms with E-state index in [0.717, 1.165) is 0 Å². The van der Waals surface area contributed by atoms with Gasteiger partial charge in [0, 0.05) is 30.8 Å². The van der Waals surface area contributed by atoms with Crippen molar-refractivity contribution in [1.29, 1.82) is 0 Å². The summed E-state index contributed by atoms with van der Waals surface area (Å²) >= 11 is 0. The molecule has 1 aliphatic rings. The normalized spacial score (nSPS) is 14.6. The van der Waals surface area contributed by atoms with Gasteiger partial charge >= 0.3 is 0 Å². The molecule has 1 N–H and O–H groups in total. The van der Waals surface area contributed by atoms with Crippen LogP contribution in [0.15, 0.2) is 48.5 Å². The maximum Gasteiger partial charge on any atom is 0.253 e. The Morgan fingerprint density at radius 3 is 2.47 bits per heavy atom. The molecule has 0 aromatic heterocycles. The van der Waals surface area contributed by atoms with Crippen molar-refractivity contribution in [2.45, 2.75) is 18.9 Å². The molecule has 0 radical (unpaired) electrons. The van der Waals surface area contributed by atoms with Crippen LogP contribution in [0.4, 0.5) is 4.39 Å². The molecule has 6 nitrogen and oxygen atoms in total. The summed E-state index contributed by atoms with van der Waals surface area (Å²) < 4.78 is 23.7. The van der Waals surface area contributed by atoms with Gasteiger partial charge in [-0.1, -0.05) is 12.1 Å². The lowest BCUT2D eigenvalue weighted by Crippen LogP contribution is -2.46. The highest BCUT2D eigenvalue weighted by molar-refractivity contribution is 5.95. The summed E-state index contributed by atoms with van der Waals surface area (Å²) in [5.41, 5.74) is 1.16. The molecule has 0 bridgehead atoms. The molecule has 158 valence electrons. The molecule has 1 saturated heterocycles. The zero-order valence-corrected chi connectivity index (χ0v) is 17.1. The third kappa shape index (κ3) is 5.37. The minimum atomic E-state index is -0.343. The summed E-state index contributed by atoms with van der Waals surface area (Å²) in [7, 11) is 3.08. The fourth-order valence-electron chi connectivity index (χ4n) is 3.41. The second kappa shape index (κ2) is 9.91. The maximum absolute atomic E-state index is 13.2. The number of likely N-dealkylation sites (tertiary alicyclic amines) is 1. The summed E-state index contributed by atoms with van der Waals surface area (Å²) in [6.45, 7) is 1.09. The number of carbonyl (C=O) groups excluding carboxylic acids is 2. The number of carbonyl (C=O) groups is 2. The number of methoxy groups -OCH3 is 2. The Morgan fingerprint density at radius 1 is 1.07 bits per heavy atom. The number of halogens is 1. The lowest BCUT2D eigenvalue weighted by atomic mass is 10.0. The first-order valence-electron chi connectivity index (χ1n) is 9.75. The topological polar surface area (TPSA) is 67.9 Å². The third-order valence-electron chi connectivity index (χ3n) is 5.03. The Labute approximate surface area is 175 Å². The Hall–Kier alpha value is -3.35. The molecule has 0 unspecified atom stereocenters. The molecule has 30 heavy (non-hydrogen) atoms. The molecule has 2 aromatic rings. The number of hydrogen-bond acceptors (Lipinski definition) is 4. The summed E-state index contributed by atoms with van der Waals surface area (Å²) in [4.78, 5) is 26.7. The van der Waals surface area contributed by atoms with Gasteiger partial charge in [0.1, 0.15) is 5.82 Å². The maximum atomic E-state index is 13.2. The van der Waals surface area contributed by atoms with E-state index in [1.807, 2.05) is 0 Å². The quantitative estimate of drug-likeness (QED) is 0.740. The predicted molar refractivity (Wildman–Crippen MR) is 112 cm³/mol. The van der Waals surface area contributed by atoms with Gasteiger partial charge in [0.15, 0.2) is 11.5 Å². The van der Waals surface area contributed by atoms with Gasteiger partial charge < -0.3 is 19.7 Å². The zero-order valence-electron chi connectivity index (χ0n) is 17.1. The van der Waals surface area contributed by atoms with Crippen LogP contribution in [0.1, 0.15) is 28.8 Å². The molecule has 1 heterocycles. The van der Waals surface area contributed by atoms with Gasteiger partial charge in [-0.15, -0.1) is 0 Å². The van der Waals surface area contributed by atoms with E-state index in [0.29, 0.717) is 48.6 Å². The number of benzene rings is 2. The largest absolute Gasteiger partial charge is 0.493 e. The van der Waals surface area contributed by atoms with Gasteiger partial charge in [0.25, 0.3) is 5.91 Å². The molecule has 1 fully saturated rings. The lowest BCUT2D eigenvalue weighted by molar-refractivity contribution is -0.117. The summed E-state index contributed by atoms with van der Waals surface area (Å²) in [6.07, 6.45) is 4.31. The first-order valence-corrected chi connectivity index (χ1v) is 9.75. The SMILES string of the molecule is COc1ccc(C(=O)N2CCC(NC(=O)/C=C/c3cccc(F)c3)CC2)cc1OC. The summed E-state index contributed by atoms with van der Waals surface area (Å²) in [6, 6.07) is 11.1. The fourth-order valence-corrected chi connectivity index (χ4v) is 3.41. The Balaban J connectivity index is 1.52. The number of nitrogens with zero attached hydrogens (tertiary/aromatic N) is 1. The van der Waals surface area contributed by atoms with Crippen LogP contribution in [0.2, 0.25) is 0 Å². The molecule has 1 aliphatic heterocycles. The van der Waals surface area contributed by atoms with Crippen LogP contribution >= 0.6 is 0 Å². The van der Waals surface area contributed by atoms with Crippen LogP contribution in [-0.2, 0) is 4.79 Å². The van der Waals surface area contributed by atoms with Crippen LogP contribution < -0.4 is 14.8 Å². The van der Waals surface area contributed by atoms with Crippen molar-refractivity contribution >= 4 is 17.9 Å². The van der Waals surface area contributed by atoms with Crippen molar-refractivity contribution in [3.63, 3.8) is 0 Å². The van der Waals surface area contributed by atoms with Gasteiger partial charge in [0.2, 0.25) is 5.91 Å². The van der Waals surface area contributed by atoms with Crippen molar-refractivity contribution in [1.82, 2.24) is 10.2 Å². The molecule has 2 amide bonds. The van der Waals surface area contributed by atoms with E-state index in [-0.39, 0.29) is 23.7 Å². The van der Waals surface area contributed by atoms with Gasteiger partial charge in [-0.05, 0) is 54.8 Å². The van der Waals surface area contributed by atoms with Crippen LogP contribution in [0.5, 0.6) is 11.5 Å².